The van der Waals surface area contributed by atoms with Gasteiger partial charge in [-0.1, -0.05) is 6.07 Å². The number of aliphatic hydroxyl groups is 1. The molecule has 18 heavy (non-hydrogen) atoms. The van der Waals surface area contributed by atoms with Crippen molar-refractivity contribution in [3.63, 3.8) is 0 Å². The maximum Gasteiger partial charge on any atom is 0.328 e. The molecule has 7 heteroatoms. The van der Waals surface area contributed by atoms with Gasteiger partial charge in [0.05, 0.1) is 13.7 Å². The molecule has 0 bridgehead atoms. The van der Waals surface area contributed by atoms with Gasteiger partial charge in [-0.2, -0.15) is 0 Å². The van der Waals surface area contributed by atoms with E-state index in [-0.39, 0.29) is 0 Å². The average molecular weight is 254 g/mol. The molecule has 0 saturated carbocycles. The topological polar surface area (TPSA) is 108 Å². The van der Waals surface area contributed by atoms with Crippen LogP contribution >= 0.6 is 0 Å². The van der Waals surface area contributed by atoms with Crippen LogP contribution in [0.3, 0.4) is 0 Å². The number of benzene rings is 1. The van der Waals surface area contributed by atoms with E-state index < -0.39 is 24.6 Å². The average Bonchev–Trinajstić information content (AvgIpc) is 2.35. The number of carbonyl (C=O) groups excluding carboxylic acids is 1. The number of anilines is 1. The number of urea groups is 1. The molecule has 1 aromatic rings. The minimum atomic E-state index is -1.34. The van der Waals surface area contributed by atoms with Crippen molar-refractivity contribution < 1.29 is 24.5 Å². The van der Waals surface area contributed by atoms with Crippen molar-refractivity contribution in [1.82, 2.24) is 5.32 Å². The summed E-state index contributed by atoms with van der Waals surface area (Å²) in [6.07, 6.45) is 0. The molecule has 0 radical (unpaired) electrons. The molecule has 1 atom stereocenters. The number of rotatable bonds is 5. The molecule has 1 aromatic carbocycles. The molecule has 1 rings (SSSR count). The van der Waals surface area contributed by atoms with Gasteiger partial charge in [0.25, 0.3) is 0 Å². The van der Waals surface area contributed by atoms with Gasteiger partial charge in [-0.05, 0) is 12.1 Å². The van der Waals surface area contributed by atoms with Crippen molar-refractivity contribution >= 4 is 17.7 Å². The van der Waals surface area contributed by atoms with Gasteiger partial charge in [-0.3, -0.25) is 0 Å². The van der Waals surface area contributed by atoms with Crippen molar-refractivity contribution in [3.8, 4) is 5.75 Å². The van der Waals surface area contributed by atoms with Crippen LogP contribution in [-0.2, 0) is 4.79 Å². The SMILES string of the molecule is COc1cccc(NC(=O)NC(CO)C(=O)O)c1. The number of amides is 2. The number of methoxy groups -OCH3 is 1. The molecule has 0 aliphatic heterocycles. The first kappa shape index (κ1) is 13.8. The smallest absolute Gasteiger partial charge is 0.328 e. The number of hydrogen-bond donors (Lipinski definition) is 4. The van der Waals surface area contributed by atoms with Crippen LogP contribution in [0.5, 0.6) is 5.75 Å². The van der Waals surface area contributed by atoms with Gasteiger partial charge in [0.2, 0.25) is 0 Å². The number of carboxylic acids is 1. The van der Waals surface area contributed by atoms with E-state index in [0.29, 0.717) is 11.4 Å². The first-order valence-electron chi connectivity index (χ1n) is 5.12. The molecular formula is C11H14N2O5. The highest BCUT2D eigenvalue weighted by molar-refractivity contribution is 5.92. The Morgan fingerprint density at radius 3 is 2.72 bits per heavy atom. The Kier molecular flexibility index (Phi) is 4.94. The molecule has 0 heterocycles. The lowest BCUT2D eigenvalue weighted by atomic mass is 10.3. The van der Waals surface area contributed by atoms with E-state index in [1.165, 1.54) is 7.11 Å². The highest BCUT2D eigenvalue weighted by Gasteiger charge is 2.18. The standard InChI is InChI=1S/C11H14N2O5/c1-18-8-4-2-3-7(5-8)12-11(17)13-9(6-14)10(15)16/h2-5,9,14H,6H2,1H3,(H,15,16)(H2,12,13,17). The molecule has 0 aliphatic carbocycles. The van der Waals surface area contributed by atoms with Crippen molar-refractivity contribution in [2.45, 2.75) is 6.04 Å². The molecule has 1 unspecified atom stereocenters. The molecule has 4 N–H and O–H groups in total. The van der Waals surface area contributed by atoms with Crippen LogP contribution in [0.4, 0.5) is 10.5 Å². The molecular weight excluding hydrogens is 240 g/mol. The predicted octanol–water partition coefficient (Wildman–Crippen LogP) is 0.262. The Labute approximate surface area is 103 Å². The molecule has 98 valence electrons. The lowest BCUT2D eigenvalue weighted by Gasteiger charge is -2.12. The molecule has 0 aromatic heterocycles. The van der Waals surface area contributed by atoms with Gasteiger partial charge in [0.15, 0.2) is 6.04 Å². The third kappa shape index (κ3) is 3.95. The summed E-state index contributed by atoms with van der Waals surface area (Å²) < 4.78 is 4.97. The monoisotopic (exact) mass is 254 g/mol. The van der Waals surface area contributed by atoms with Crippen molar-refractivity contribution in [2.24, 2.45) is 0 Å². The van der Waals surface area contributed by atoms with Crippen LogP contribution in [0.25, 0.3) is 0 Å². The van der Waals surface area contributed by atoms with Crippen LogP contribution in [0.2, 0.25) is 0 Å². The predicted molar refractivity (Wildman–Crippen MR) is 63.7 cm³/mol. The van der Waals surface area contributed by atoms with Gasteiger partial charge in [-0.25, -0.2) is 9.59 Å². The van der Waals surface area contributed by atoms with Crippen LogP contribution in [0.15, 0.2) is 24.3 Å². The van der Waals surface area contributed by atoms with E-state index in [1.54, 1.807) is 24.3 Å². The lowest BCUT2D eigenvalue weighted by Crippen LogP contribution is -2.45. The molecule has 2 amide bonds. The Balaban J connectivity index is 2.61. The fourth-order valence-electron chi connectivity index (χ4n) is 1.21. The quantitative estimate of drug-likeness (QED) is 0.603. The first-order valence-corrected chi connectivity index (χ1v) is 5.12. The number of carbonyl (C=O) groups is 2. The van der Waals surface area contributed by atoms with Crippen molar-refractivity contribution in [3.05, 3.63) is 24.3 Å². The van der Waals surface area contributed by atoms with Crippen molar-refractivity contribution in [1.29, 1.82) is 0 Å². The summed E-state index contributed by atoms with van der Waals surface area (Å²) >= 11 is 0. The van der Waals surface area contributed by atoms with Crippen LogP contribution in [0.1, 0.15) is 0 Å². The number of ether oxygens (including phenoxy) is 1. The third-order valence-corrected chi connectivity index (χ3v) is 2.11. The normalized spacial score (nSPS) is 11.4. The number of carboxylic acid groups (broad SMARTS) is 1. The molecule has 0 fully saturated rings. The number of aliphatic carboxylic acids is 1. The van der Waals surface area contributed by atoms with E-state index in [4.69, 9.17) is 14.9 Å². The second kappa shape index (κ2) is 6.45. The summed E-state index contributed by atoms with van der Waals surface area (Å²) in [5.74, 6) is -0.747. The second-order valence-electron chi connectivity index (χ2n) is 3.40. The fourth-order valence-corrected chi connectivity index (χ4v) is 1.21. The third-order valence-electron chi connectivity index (χ3n) is 2.11. The minimum absolute atomic E-state index is 0.453. The zero-order valence-corrected chi connectivity index (χ0v) is 9.71. The summed E-state index contributed by atoms with van der Waals surface area (Å²) in [7, 11) is 1.49. The highest BCUT2D eigenvalue weighted by atomic mass is 16.5. The van der Waals surface area contributed by atoms with Gasteiger partial charge in [0.1, 0.15) is 5.75 Å². The molecule has 0 saturated heterocycles. The lowest BCUT2D eigenvalue weighted by molar-refractivity contribution is -0.140. The molecule has 7 nitrogen and oxygen atoms in total. The zero-order valence-electron chi connectivity index (χ0n) is 9.71. The molecule has 0 spiro atoms. The number of aliphatic hydroxyl groups excluding tert-OH is 1. The summed E-state index contributed by atoms with van der Waals surface area (Å²) in [6.45, 7) is -0.680. The largest absolute Gasteiger partial charge is 0.497 e. The highest BCUT2D eigenvalue weighted by Crippen LogP contribution is 2.16. The summed E-state index contributed by atoms with van der Waals surface area (Å²) in [5, 5.41) is 21.9. The second-order valence-corrected chi connectivity index (χ2v) is 3.40. The Bertz CT molecular complexity index is 435. The summed E-state index contributed by atoms with van der Waals surface area (Å²) in [4.78, 5) is 22.0. The van der Waals surface area contributed by atoms with E-state index in [2.05, 4.69) is 10.6 Å². The fraction of sp³-hybridized carbons (Fsp3) is 0.273. The Morgan fingerprint density at radius 1 is 1.44 bits per heavy atom. The Morgan fingerprint density at radius 2 is 2.17 bits per heavy atom. The molecule has 0 aliphatic rings. The van der Waals surface area contributed by atoms with E-state index in [1.807, 2.05) is 0 Å². The van der Waals surface area contributed by atoms with Crippen LogP contribution in [-0.4, -0.2) is 42.0 Å². The van der Waals surface area contributed by atoms with Gasteiger partial charge in [-0.15, -0.1) is 0 Å². The Hall–Kier alpha value is -2.28. The van der Waals surface area contributed by atoms with E-state index in [9.17, 15) is 9.59 Å². The van der Waals surface area contributed by atoms with Crippen molar-refractivity contribution in [2.75, 3.05) is 19.0 Å². The number of nitrogens with one attached hydrogen (secondary N) is 2. The van der Waals surface area contributed by atoms with Gasteiger partial charge in [0, 0.05) is 11.8 Å². The van der Waals surface area contributed by atoms with Gasteiger partial charge >= 0.3 is 12.0 Å². The first-order chi connectivity index (χ1) is 8.56. The van der Waals surface area contributed by atoms with Gasteiger partial charge < -0.3 is 25.6 Å². The van der Waals surface area contributed by atoms with E-state index in [0.717, 1.165) is 0 Å². The maximum absolute atomic E-state index is 11.4. The zero-order chi connectivity index (χ0) is 13.5. The van der Waals surface area contributed by atoms with Crippen LogP contribution in [0, 0.1) is 0 Å². The van der Waals surface area contributed by atoms with E-state index >= 15 is 0 Å². The summed E-state index contributed by atoms with van der Waals surface area (Å²) in [5.41, 5.74) is 0.453. The van der Waals surface area contributed by atoms with Crippen LogP contribution < -0.4 is 15.4 Å². The number of hydrogen-bond acceptors (Lipinski definition) is 4. The summed E-state index contributed by atoms with van der Waals surface area (Å²) in [6, 6.07) is 4.53. The maximum atomic E-state index is 11.4. The minimum Gasteiger partial charge on any atom is -0.497 e.